The Morgan fingerprint density at radius 1 is 1.47 bits per heavy atom. The number of nitrogens with one attached hydrogen (secondary N) is 1. The second-order valence-corrected chi connectivity index (χ2v) is 6.42. The van der Waals surface area contributed by atoms with E-state index in [1.807, 2.05) is 6.92 Å². The van der Waals surface area contributed by atoms with E-state index < -0.39 is 21.6 Å². The summed E-state index contributed by atoms with van der Waals surface area (Å²) < 4.78 is 39.7. The van der Waals surface area contributed by atoms with Gasteiger partial charge in [0.05, 0.1) is 5.75 Å². The molecule has 19 heavy (non-hydrogen) atoms. The highest BCUT2D eigenvalue weighted by atomic mass is 35.5. The van der Waals surface area contributed by atoms with Crippen molar-refractivity contribution in [3.63, 3.8) is 0 Å². The van der Waals surface area contributed by atoms with Crippen LogP contribution < -0.4 is 4.72 Å². The van der Waals surface area contributed by atoms with Gasteiger partial charge in [-0.05, 0) is 31.0 Å². The number of benzene rings is 1. The number of rotatable bonds is 7. The Bertz CT molecular complexity index is 522. The third-order valence-electron chi connectivity index (χ3n) is 2.67. The SMILES string of the molecule is CCC(CCO)NS(=O)(=O)Cc1cc(Cl)ccc1F. The molecule has 0 amide bonds. The second-order valence-electron chi connectivity index (χ2n) is 4.23. The first kappa shape index (κ1) is 16.4. The molecule has 0 aliphatic heterocycles. The topological polar surface area (TPSA) is 66.4 Å². The predicted octanol–water partition coefficient (Wildman–Crippen LogP) is 2.06. The minimum atomic E-state index is -3.67. The Balaban J connectivity index is 2.81. The van der Waals surface area contributed by atoms with Crippen LogP contribution in [0.4, 0.5) is 4.39 Å². The molecule has 2 N–H and O–H groups in total. The molecule has 7 heteroatoms. The molecule has 108 valence electrons. The summed E-state index contributed by atoms with van der Waals surface area (Å²) >= 11 is 5.71. The van der Waals surface area contributed by atoms with E-state index in [-0.39, 0.29) is 23.2 Å². The normalized spacial score (nSPS) is 13.5. The number of halogens is 2. The Hall–Kier alpha value is -0.690. The molecule has 0 spiro atoms. The van der Waals surface area contributed by atoms with Gasteiger partial charge in [0.1, 0.15) is 5.82 Å². The zero-order valence-corrected chi connectivity index (χ0v) is 12.1. The van der Waals surface area contributed by atoms with Gasteiger partial charge in [-0.25, -0.2) is 17.5 Å². The lowest BCUT2D eigenvalue weighted by atomic mass is 10.2. The van der Waals surface area contributed by atoms with Gasteiger partial charge in [-0.3, -0.25) is 0 Å². The molecule has 0 aliphatic rings. The molecule has 0 fully saturated rings. The van der Waals surface area contributed by atoms with Gasteiger partial charge in [0.25, 0.3) is 0 Å². The van der Waals surface area contributed by atoms with E-state index in [0.29, 0.717) is 12.8 Å². The lowest BCUT2D eigenvalue weighted by molar-refractivity contribution is 0.270. The van der Waals surface area contributed by atoms with Crippen molar-refractivity contribution in [2.24, 2.45) is 0 Å². The number of aliphatic hydroxyl groups is 1. The van der Waals surface area contributed by atoms with Crippen molar-refractivity contribution in [3.8, 4) is 0 Å². The maximum absolute atomic E-state index is 13.5. The summed E-state index contributed by atoms with van der Waals surface area (Å²) in [5, 5.41) is 9.11. The van der Waals surface area contributed by atoms with E-state index in [9.17, 15) is 12.8 Å². The first-order valence-corrected chi connectivity index (χ1v) is 7.95. The van der Waals surface area contributed by atoms with E-state index in [1.165, 1.54) is 12.1 Å². The lowest BCUT2D eigenvalue weighted by Gasteiger charge is -2.16. The fourth-order valence-corrected chi connectivity index (χ4v) is 3.36. The third kappa shape index (κ3) is 5.44. The molecule has 0 aromatic heterocycles. The number of hydrogen-bond acceptors (Lipinski definition) is 3. The Morgan fingerprint density at radius 2 is 2.16 bits per heavy atom. The molecule has 1 rings (SSSR count). The molecule has 0 heterocycles. The van der Waals surface area contributed by atoms with Crippen LogP contribution >= 0.6 is 11.6 Å². The van der Waals surface area contributed by atoms with Crippen LogP contribution in [0.2, 0.25) is 5.02 Å². The largest absolute Gasteiger partial charge is 0.396 e. The first-order valence-electron chi connectivity index (χ1n) is 5.92. The van der Waals surface area contributed by atoms with Crippen molar-refractivity contribution in [3.05, 3.63) is 34.6 Å². The van der Waals surface area contributed by atoms with Crippen LogP contribution in [0.3, 0.4) is 0 Å². The van der Waals surface area contributed by atoms with Gasteiger partial charge in [-0.2, -0.15) is 0 Å². The van der Waals surface area contributed by atoms with Crippen molar-refractivity contribution in [1.82, 2.24) is 4.72 Å². The summed E-state index contributed by atoms with van der Waals surface area (Å²) in [6, 6.07) is 3.44. The fourth-order valence-electron chi connectivity index (χ4n) is 1.66. The standard InChI is InChI=1S/C12H17ClFNO3S/c1-2-11(5-6-16)15-19(17,18)8-9-7-10(13)3-4-12(9)14/h3-4,7,11,15-16H,2,5-6,8H2,1H3. The average Bonchev–Trinajstić information content (AvgIpc) is 2.32. The van der Waals surface area contributed by atoms with Gasteiger partial charge in [0.15, 0.2) is 0 Å². The van der Waals surface area contributed by atoms with E-state index in [2.05, 4.69) is 4.72 Å². The highest BCUT2D eigenvalue weighted by Gasteiger charge is 2.19. The third-order valence-corrected chi connectivity index (χ3v) is 4.29. The molecular weight excluding hydrogens is 293 g/mol. The minimum Gasteiger partial charge on any atom is -0.396 e. The minimum absolute atomic E-state index is 0.0267. The molecule has 0 saturated heterocycles. The number of hydrogen-bond donors (Lipinski definition) is 2. The summed E-state index contributed by atoms with van der Waals surface area (Å²) in [6.07, 6.45) is 0.881. The van der Waals surface area contributed by atoms with Crippen molar-refractivity contribution in [2.45, 2.75) is 31.6 Å². The Morgan fingerprint density at radius 3 is 2.74 bits per heavy atom. The van der Waals surface area contributed by atoms with Crippen LogP contribution in [-0.2, 0) is 15.8 Å². The maximum Gasteiger partial charge on any atom is 0.216 e. The summed E-state index contributed by atoms with van der Waals surface area (Å²) in [5.74, 6) is -1.08. The van der Waals surface area contributed by atoms with Gasteiger partial charge in [0, 0.05) is 23.2 Å². The van der Waals surface area contributed by atoms with E-state index in [4.69, 9.17) is 16.7 Å². The molecule has 1 atom stereocenters. The number of sulfonamides is 1. The molecule has 0 saturated carbocycles. The molecule has 0 radical (unpaired) electrons. The highest BCUT2D eigenvalue weighted by Crippen LogP contribution is 2.17. The zero-order chi connectivity index (χ0) is 14.5. The predicted molar refractivity (Wildman–Crippen MR) is 73.0 cm³/mol. The second kappa shape index (κ2) is 7.19. The van der Waals surface area contributed by atoms with Gasteiger partial charge in [0.2, 0.25) is 10.0 Å². The molecule has 0 bridgehead atoms. The molecular formula is C12H17ClFNO3S. The van der Waals surface area contributed by atoms with Crippen LogP contribution in [-0.4, -0.2) is 26.2 Å². The van der Waals surface area contributed by atoms with Crippen LogP contribution in [0, 0.1) is 5.82 Å². The van der Waals surface area contributed by atoms with Gasteiger partial charge in [-0.1, -0.05) is 18.5 Å². The fraction of sp³-hybridized carbons (Fsp3) is 0.500. The Kier molecular flexibility index (Phi) is 6.19. The van der Waals surface area contributed by atoms with Crippen LogP contribution in [0.15, 0.2) is 18.2 Å². The summed E-state index contributed by atoms with van der Waals surface area (Å²) in [6.45, 7) is 1.70. The smallest absolute Gasteiger partial charge is 0.216 e. The van der Waals surface area contributed by atoms with Crippen molar-refractivity contribution in [1.29, 1.82) is 0 Å². The van der Waals surface area contributed by atoms with Crippen LogP contribution in [0.5, 0.6) is 0 Å². The molecule has 0 aliphatic carbocycles. The molecule has 1 unspecified atom stereocenters. The lowest BCUT2D eigenvalue weighted by Crippen LogP contribution is -2.36. The summed E-state index contributed by atoms with van der Waals surface area (Å²) in [7, 11) is -3.67. The van der Waals surface area contributed by atoms with Crippen LogP contribution in [0.1, 0.15) is 25.3 Å². The van der Waals surface area contributed by atoms with Crippen LogP contribution in [0.25, 0.3) is 0 Å². The maximum atomic E-state index is 13.5. The monoisotopic (exact) mass is 309 g/mol. The number of aliphatic hydroxyl groups excluding tert-OH is 1. The van der Waals surface area contributed by atoms with Crippen molar-refractivity contribution >= 4 is 21.6 Å². The molecule has 4 nitrogen and oxygen atoms in total. The zero-order valence-electron chi connectivity index (χ0n) is 10.6. The van der Waals surface area contributed by atoms with Crippen molar-refractivity contribution < 1.29 is 17.9 Å². The van der Waals surface area contributed by atoms with Gasteiger partial charge in [-0.15, -0.1) is 0 Å². The quantitative estimate of drug-likeness (QED) is 0.810. The van der Waals surface area contributed by atoms with Gasteiger partial charge < -0.3 is 5.11 Å². The average molecular weight is 310 g/mol. The van der Waals surface area contributed by atoms with E-state index in [0.717, 1.165) is 6.07 Å². The Labute approximate surface area is 117 Å². The summed E-state index contributed by atoms with van der Waals surface area (Å²) in [4.78, 5) is 0. The molecule has 1 aromatic carbocycles. The molecule has 1 aromatic rings. The van der Waals surface area contributed by atoms with Gasteiger partial charge >= 0.3 is 0 Å². The first-order chi connectivity index (χ1) is 8.88. The van der Waals surface area contributed by atoms with E-state index in [1.54, 1.807) is 0 Å². The highest BCUT2D eigenvalue weighted by molar-refractivity contribution is 7.88. The van der Waals surface area contributed by atoms with E-state index >= 15 is 0 Å². The van der Waals surface area contributed by atoms with Crippen molar-refractivity contribution in [2.75, 3.05) is 6.61 Å². The summed E-state index contributed by atoms with van der Waals surface area (Å²) in [5.41, 5.74) is 0.0267.